The van der Waals surface area contributed by atoms with E-state index in [0.29, 0.717) is 31.9 Å². The molecule has 1 fully saturated rings. The van der Waals surface area contributed by atoms with Crippen LogP contribution < -0.4 is 4.90 Å². The normalized spacial score (nSPS) is 17.8. The zero-order valence-corrected chi connectivity index (χ0v) is 17.2. The van der Waals surface area contributed by atoms with Crippen molar-refractivity contribution in [3.63, 3.8) is 0 Å². The van der Waals surface area contributed by atoms with Crippen molar-refractivity contribution in [2.24, 2.45) is 5.92 Å². The number of rotatable bonds is 4. The Labute approximate surface area is 171 Å². The van der Waals surface area contributed by atoms with E-state index in [0.717, 1.165) is 37.2 Å². The second kappa shape index (κ2) is 8.27. The predicted molar refractivity (Wildman–Crippen MR) is 112 cm³/mol. The van der Waals surface area contributed by atoms with Crippen LogP contribution in [0.15, 0.2) is 30.3 Å². The lowest BCUT2D eigenvalue weighted by Crippen LogP contribution is -2.49. The van der Waals surface area contributed by atoms with Crippen LogP contribution in [-0.4, -0.2) is 64.5 Å². The summed E-state index contributed by atoms with van der Waals surface area (Å²) >= 11 is 0. The molecular formula is C22H29N5O2. The number of carbonyl (C=O) groups excluding carboxylic acids is 2. The molecule has 154 valence electrons. The average molecular weight is 396 g/mol. The van der Waals surface area contributed by atoms with Gasteiger partial charge in [0.05, 0.1) is 0 Å². The molecule has 0 bridgehead atoms. The summed E-state index contributed by atoms with van der Waals surface area (Å²) in [6.45, 7) is 8.10. The molecule has 1 N–H and O–H groups in total. The monoisotopic (exact) mass is 395 g/mol. The first-order valence-corrected chi connectivity index (χ1v) is 10.5. The number of amides is 2. The number of aromatic nitrogens is 2. The Kier molecular flexibility index (Phi) is 5.56. The lowest BCUT2D eigenvalue weighted by atomic mass is 10.0. The first-order valence-electron chi connectivity index (χ1n) is 10.5. The number of fused-ring (bicyclic) bond motifs is 1. The molecule has 7 heteroatoms. The van der Waals surface area contributed by atoms with Gasteiger partial charge in [-0.15, -0.1) is 0 Å². The van der Waals surface area contributed by atoms with Gasteiger partial charge < -0.3 is 14.7 Å². The fourth-order valence-corrected chi connectivity index (χ4v) is 4.10. The number of nitrogens with one attached hydrogen (secondary N) is 1. The molecule has 0 radical (unpaired) electrons. The number of piperazine rings is 1. The molecule has 0 unspecified atom stereocenters. The second-order valence-electron chi connectivity index (χ2n) is 7.96. The minimum Gasteiger partial charge on any atom is -0.368 e. The maximum absolute atomic E-state index is 13.2. The molecule has 0 aliphatic carbocycles. The van der Waals surface area contributed by atoms with E-state index < -0.39 is 0 Å². The molecule has 7 nitrogen and oxygen atoms in total. The third kappa shape index (κ3) is 3.86. The van der Waals surface area contributed by atoms with Gasteiger partial charge in [0.1, 0.15) is 0 Å². The van der Waals surface area contributed by atoms with Crippen molar-refractivity contribution in [3.8, 4) is 0 Å². The number of carbonyl (C=O) groups is 2. The van der Waals surface area contributed by atoms with Crippen LogP contribution >= 0.6 is 0 Å². The van der Waals surface area contributed by atoms with Gasteiger partial charge >= 0.3 is 0 Å². The summed E-state index contributed by atoms with van der Waals surface area (Å²) in [6, 6.07) is 10.3. The number of hydrogen-bond acceptors (Lipinski definition) is 4. The average Bonchev–Trinajstić information content (AvgIpc) is 3.21. The number of anilines is 1. The zero-order chi connectivity index (χ0) is 20.4. The molecule has 2 aliphatic heterocycles. The van der Waals surface area contributed by atoms with Gasteiger partial charge in [0.2, 0.25) is 5.91 Å². The number of benzene rings is 1. The molecule has 0 spiro atoms. The minimum atomic E-state index is -0.0342. The van der Waals surface area contributed by atoms with Gasteiger partial charge in [-0.2, -0.15) is 5.10 Å². The fourth-order valence-electron chi connectivity index (χ4n) is 4.10. The van der Waals surface area contributed by atoms with E-state index >= 15 is 0 Å². The second-order valence-corrected chi connectivity index (χ2v) is 7.96. The van der Waals surface area contributed by atoms with Gasteiger partial charge in [0, 0.05) is 68.6 Å². The molecule has 2 aromatic rings. The zero-order valence-electron chi connectivity index (χ0n) is 17.2. The van der Waals surface area contributed by atoms with Gasteiger partial charge in [-0.05, 0) is 18.6 Å². The molecular weight excluding hydrogens is 366 g/mol. The molecule has 2 aliphatic rings. The Hall–Kier alpha value is -2.83. The minimum absolute atomic E-state index is 0.00802. The smallest absolute Gasteiger partial charge is 0.274 e. The molecule has 1 aromatic carbocycles. The van der Waals surface area contributed by atoms with Gasteiger partial charge in [-0.1, -0.05) is 32.0 Å². The van der Waals surface area contributed by atoms with E-state index in [4.69, 9.17) is 0 Å². The standard InChI is InChI=1S/C22H29N5O2/c1-3-16(2)21(28)27-10-9-19-18(15-27)20(24-23-19)22(29)26-13-11-25(12-14-26)17-7-5-4-6-8-17/h4-8,16H,3,9-15H2,1-2H3,(H,23,24)/t16-/m1/s1. The van der Waals surface area contributed by atoms with E-state index in [1.165, 1.54) is 5.69 Å². The fraction of sp³-hybridized carbons (Fsp3) is 0.500. The van der Waals surface area contributed by atoms with Crippen LogP contribution in [0, 0.1) is 5.92 Å². The highest BCUT2D eigenvalue weighted by Gasteiger charge is 2.32. The first-order chi connectivity index (χ1) is 14.1. The topological polar surface area (TPSA) is 72.5 Å². The molecule has 1 atom stereocenters. The van der Waals surface area contributed by atoms with Crippen molar-refractivity contribution < 1.29 is 9.59 Å². The largest absolute Gasteiger partial charge is 0.368 e. The van der Waals surface area contributed by atoms with Crippen LogP contribution in [0.2, 0.25) is 0 Å². The number of nitrogens with zero attached hydrogens (tertiary/aromatic N) is 4. The van der Waals surface area contributed by atoms with E-state index in [1.807, 2.05) is 41.8 Å². The summed E-state index contributed by atoms with van der Waals surface area (Å²) in [5, 5.41) is 7.38. The van der Waals surface area contributed by atoms with Crippen LogP contribution in [0.1, 0.15) is 42.0 Å². The van der Waals surface area contributed by atoms with E-state index in [-0.39, 0.29) is 17.7 Å². The Balaban J connectivity index is 1.43. The van der Waals surface area contributed by atoms with Crippen molar-refractivity contribution >= 4 is 17.5 Å². The molecule has 0 saturated carbocycles. The summed E-state index contributed by atoms with van der Waals surface area (Å²) in [5.41, 5.74) is 3.55. The summed E-state index contributed by atoms with van der Waals surface area (Å²) in [4.78, 5) is 31.8. The van der Waals surface area contributed by atoms with E-state index in [1.54, 1.807) is 0 Å². The Morgan fingerprint density at radius 1 is 1.07 bits per heavy atom. The highest BCUT2D eigenvalue weighted by molar-refractivity contribution is 5.94. The molecule has 29 heavy (non-hydrogen) atoms. The Morgan fingerprint density at radius 2 is 1.79 bits per heavy atom. The quantitative estimate of drug-likeness (QED) is 0.862. The lowest BCUT2D eigenvalue weighted by molar-refractivity contribution is -0.136. The van der Waals surface area contributed by atoms with Gasteiger partial charge in [-0.25, -0.2) is 0 Å². The van der Waals surface area contributed by atoms with E-state index in [2.05, 4.69) is 27.2 Å². The maximum Gasteiger partial charge on any atom is 0.274 e. The van der Waals surface area contributed by atoms with Crippen molar-refractivity contribution in [3.05, 3.63) is 47.3 Å². The summed E-state index contributed by atoms with van der Waals surface area (Å²) in [7, 11) is 0. The molecule has 3 heterocycles. The van der Waals surface area contributed by atoms with Crippen LogP contribution in [0.3, 0.4) is 0 Å². The number of H-pyrrole nitrogens is 1. The Bertz CT molecular complexity index is 871. The maximum atomic E-state index is 13.2. The predicted octanol–water partition coefficient (Wildman–Crippen LogP) is 2.30. The first kappa shape index (κ1) is 19.5. The number of aromatic amines is 1. The molecule has 4 rings (SSSR count). The van der Waals surface area contributed by atoms with Gasteiger partial charge in [0.25, 0.3) is 5.91 Å². The Morgan fingerprint density at radius 3 is 2.48 bits per heavy atom. The van der Waals surface area contributed by atoms with Crippen LogP contribution in [0.5, 0.6) is 0 Å². The van der Waals surface area contributed by atoms with Crippen LogP contribution in [0.4, 0.5) is 5.69 Å². The molecule has 2 amide bonds. The lowest BCUT2D eigenvalue weighted by Gasteiger charge is -2.36. The van der Waals surface area contributed by atoms with Crippen LogP contribution in [-0.2, 0) is 17.8 Å². The third-order valence-corrected chi connectivity index (χ3v) is 6.17. The van der Waals surface area contributed by atoms with Crippen molar-refractivity contribution in [1.82, 2.24) is 20.0 Å². The van der Waals surface area contributed by atoms with Crippen LogP contribution in [0.25, 0.3) is 0 Å². The SMILES string of the molecule is CC[C@@H](C)C(=O)N1CCc2[nH]nc(C(=O)N3CCN(c4ccccc4)CC3)c2C1. The van der Waals surface area contributed by atoms with Gasteiger partial charge in [-0.3, -0.25) is 14.7 Å². The highest BCUT2D eigenvalue weighted by atomic mass is 16.2. The summed E-state index contributed by atoms with van der Waals surface area (Å²) < 4.78 is 0. The van der Waals surface area contributed by atoms with Crippen molar-refractivity contribution in [2.45, 2.75) is 33.2 Å². The number of hydrogen-bond donors (Lipinski definition) is 1. The number of para-hydroxylation sites is 1. The molecule has 1 aromatic heterocycles. The van der Waals surface area contributed by atoms with Gasteiger partial charge in [0.15, 0.2) is 5.69 Å². The summed E-state index contributed by atoms with van der Waals surface area (Å²) in [6.07, 6.45) is 1.55. The summed E-state index contributed by atoms with van der Waals surface area (Å²) in [5.74, 6) is 0.135. The van der Waals surface area contributed by atoms with Crippen molar-refractivity contribution in [1.29, 1.82) is 0 Å². The van der Waals surface area contributed by atoms with Crippen molar-refractivity contribution in [2.75, 3.05) is 37.6 Å². The van der Waals surface area contributed by atoms with E-state index in [9.17, 15) is 9.59 Å². The third-order valence-electron chi connectivity index (χ3n) is 6.17. The molecule has 1 saturated heterocycles. The highest BCUT2D eigenvalue weighted by Crippen LogP contribution is 2.24.